The van der Waals surface area contributed by atoms with E-state index in [-0.39, 0.29) is 11.5 Å². The molecule has 9 unspecified atom stereocenters. The summed E-state index contributed by atoms with van der Waals surface area (Å²) >= 11 is 0. The van der Waals surface area contributed by atoms with Gasteiger partial charge in [0.2, 0.25) is 0 Å². The third-order valence-electron chi connectivity index (χ3n) is 10.5. The van der Waals surface area contributed by atoms with Crippen LogP contribution in [-0.4, -0.2) is 11.2 Å². The summed E-state index contributed by atoms with van der Waals surface area (Å²) in [5.41, 5.74) is 0.707. The zero-order valence-corrected chi connectivity index (χ0v) is 18.3. The smallest absolute Gasteiger partial charge is 0.0599 e. The van der Waals surface area contributed by atoms with Gasteiger partial charge in [-0.3, -0.25) is 0 Å². The quantitative estimate of drug-likeness (QED) is 0.592. The van der Waals surface area contributed by atoms with E-state index in [1.807, 2.05) is 0 Å². The van der Waals surface area contributed by atoms with Crippen LogP contribution in [0.1, 0.15) is 92.9 Å². The number of aliphatic hydroxyl groups is 1. The maximum atomic E-state index is 11.2. The predicted molar refractivity (Wildman–Crippen MR) is 110 cm³/mol. The van der Waals surface area contributed by atoms with Gasteiger partial charge in [-0.15, -0.1) is 0 Å². The summed E-state index contributed by atoms with van der Waals surface area (Å²) in [7, 11) is 0. The van der Waals surface area contributed by atoms with E-state index >= 15 is 0 Å². The van der Waals surface area contributed by atoms with Gasteiger partial charge in [0, 0.05) is 0 Å². The second-order valence-corrected chi connectivity index (χ2v) is 12.1. The van der Waals surface area contributed by atoms with Crippen LogP contribution in [-0.2, 0) is 0 Å². The van der Waals surface area contributed by atoms with Crippen LogP contribution >= 0.6 is 0 Å². The molecular weight excluding hydrogens is 316 g/mol. The molecule has 4 aliphatic carbocycles. The lowest BCUT2D eigenvalue weighted by molar-refractivity contribution is -0.184. The van der Waals surface area contributed by atoms with Crippen LogP contribution in [0.15, 0.2) is 0 Å². The third-order valence-corrected chi connectivity index (χ3v) is 10.5. The Hall–Kier alpha value is -0.0400. The first kappa shape index (κ1) is 19.3. The average Bonchev–Trinajstić information content (AvgIpc) is 2.97. The van der Waals surface area contributed by atoms with Crippen molar-refractivity contribution in [1.82, 2.24) is 0 Å². The minimum absolute atomic E-state index is 0.0533. The van der Waals surface area contributed by atoms with Crippen LogP contribution in [0.4, 0.5) is 0 Å². The fraction of sp³-hybridized carbons (Fsp3) is 1.00. The SMILES string of the molecule is CC(C)C1CCC2(C)C(C1)CC(C(C)C)C1C3CCCC3(C)C(O)CC12. The molecule has 1 nitrogen and oxygen atoms in total. The molecule has 0 spiro atoms. The van der Waals surface area contributed by atoms with Crippen molar-refractivity contribution in [3.63, 3.8) is 0 Å². The van der Waals surface area contributed by atoms with Gasteiger partial charge in [-0.2, -0.15) is 0 Å². The van der Waals surface area contributed by atoms with Gasteiger partial charge in [-0.1, -0.05) is 48.0 Å². The van der Waals surface area contributed by atoms with E-state index in [4.69, 9.17) is 0 Å². The molecule has 4 fully saturated rings. The van der Waals surface area contributed by atoms with Crippen LogP contribution in [0.3, 0.4) is 0 Å². The second-order valence-electron chi connectivity index (χ2n) is 12.1. The van der Waals surface area contributed by atoms with E-state index < -0.39 is 0 Å². The van der Waals surface area contributed by atoms with Crippen LogP contribution in [0.25, 0.3) is 0 Å². The first-order valence-corrected chi connectivity index (χ1v) is 11.9. The lowest BCUT2D eigenvalue weighted by atomic mass is 9.41. The maximum Gasteiger partial charge on any atom is 0.0599 e. The molecular formula is C25H44O. The fourth-order valence-electron chi connectivity index (χ4n) is 8.63. The number of rotatable bonds is 2. The van der Waals surface area contributed by atoms with Crippen LogP contribution in [0, 0.1) is 58.2 Å². The van der Waals surface area contributed by atoms with Gasteiger partial charge in [0.05, 0.1) is 6.10 Å². The highest BCUT2D eigenvalue weighted by molar-refractivity contribution is 5.12. The van der Waals surface area contributed by atoms with Crippen molar-refractivity contribution in [3.8, 4) is 0 Å². The van der Waals surface area contributed by atoms with Crippen LogP contribution < -0.4 is 0 Å². The molecule has 4 saturated carbocycles. The molecule has 0 bridgehead atoms. The van der Waals surface area contributed by atoms with E-state index in [2.05, 4.69) is 41.5 Å². The van der Waals surface area contributed by atoms with Crippen molar-refractivity contribution in [3.05, 3.63) is 0 Å². The van der Waals surface area contributed by atoms with Crippen molar-refractivity contribution in [2.45, 2.75) is 99.0 Å². The number of aliphatic hydroxyl groups excluding tert-OH is 1. The molecule has 0 heterocycles. The van der Waals surface area contributed by atoms with Crippen LogP contribution in [0.2, 0.25) is 0 Å². The molecule has 0 saturated heterocycles. The molecule has 1 heteroatoms. The van der Waals surface area contributed by atoms with Gasteiger partial charge in [0.15, 0.2) is 0 Å². The third kappa shape index (κ3) is 2.66. The largest absolute Gasteiger partial charge is 0.393 e. The van der Waals surface area contributed by atoms with Gasteiger partial charge in [-0.05, 0) is 103 Å². The molecule has 1 N–H and O–H groups in total. The lowest BCUT2D eigenvalue weighted by Crippen LogP contribution is -2.60. The minimum Gasteiger partial charge on any atom is -0.393 e. The number of hydrogen-bond acceptors (Lipinski definition) is 1. The first-order chi connectivity index (χ1) is 12.2. The van der Waals surface area contributed by atoms with Gasteiger partial charge in [-0.25, -0.2) is 0 Å². The number of fused-ring (bicyclic) bond motifs is 5. The average molecular weight is 361 g/mol. The van der Waals surface area contributed by atoms with E-state index in [1.165, 1.54) is 44.9 Å². The fourth-order valence-corrected chi connectivity index (χ4v) is 8.63. The zero-order valence-electron chi connectivity index (χ0n) is 18.3. The Morgan fingerprint density at radius 2 is 1.54 bits per heavy atom. The Labute approximate surface area is 162 Å². The molecule has 4 rings (SSSR count). The Balaban J connectivity index is 1.70. The van der Waals surface area contributed by atoms with E-state index in [0.29, 0.717) is 5.41 Å². The maximum absolute atomic E-state index is 11.2. The summed E-state index contributed by atoms with van der Waals surface area (Å²) in [6, 6.07) is 0. The number of hydrogen-bond donors (Lipinski definition) is 1. The van der Waals surface area contributed by atoms with Gasteiger partial charge in [0.25, 0.3) is 0 Å². The van der Waals surface area contributed by atoms with Crippen molar-refractivity contribution >= 4 is 0 Å². The topological polar surface area (TPSA) is 20.2 Å². The molecule has 0 aromatic carbocycles. The Kier molecular flexibility index (Phi) is 4.82. The van der Waals surface area contributed by atoms with E-state index in [9.17, 15) is 5.11 Å². The Morgan fingerprint density at radius 1 is 0.808 bits per heavy atom. The van der Waals surface area contributed by atoms with E-state index in [0.717, 1.165) is 53.8 Å². The van der Waals surface area contributed by atoms with E-state index in [1.54, 1.807) is 0 Å². The highest BCUT2D eigenvalue weighted by atomic mass is 16.3. The normalized spacial score (nSPS) is 54.1. The molecule has 9 atom stereocenters. The monoisotopic (exact) mass is 360 g/mol. The molecule has 150 valence electrons. The summed E-state index contributed by atoms with van der Waals surface area (Å²) in [6.07, 6.45) is 10.8. The van der Waals surface area contributed by atoms with Gasteiger partial charge in [0.1, 0.15) is 0 Å². The Bertz CT molecular complexity index is 524. The van der Waals surface area contributed by atoms with Gasteiger partial charge >= 0.3 is 0 Å². The van der Waals surface area contributed by atoms with Gasteiger partial charge < -0.3 is 5.11 Å². The first-order valence-electron chi connectivity index (χ1n) is 11.9. The minimum atomic E-state index is -0.0533. The predicted octanol–water partition coefficient (Wildman–Crippen LogP) is 6.54. The van der Waals surface area contributed by atoms with Crippen molar-refractivity contribution < 1.29 is 5.11 Å². The molecule has 0 aromatic rings. The Morgan fingerprint density at radius 3 is 2.19 bits per heavy atom. The summed E-state index contributed by atoms with van der Waals surface area (Å²) < 4.78 is 0. The lowest BCUT2D eigenvalue weighted by Gasteiger charge is -2.65. The molecule has 26 heavy (non-hydrogen) atoms. The van der Waals surface area contributed by atoms with Crippen LogP contribution in [0.5, 0.6) is 0 Å². The summed E-state index contributed by atoms with van der Waals surface area (Å²) in [5.74, 6) is 6.79. The zero-order chi connectivity index (χ0) is 18.9. The molecule has 0 aromatic heterocycles. The summed E-state index contributed by atoms with van der Waals surface area (Å²) in [4.78, 5) is 0. The highest BCUT2D eigenvalue weighted by Crippen LogP contribution is 2.68. The second kappa shape index (κ2) is 6.50. The molecule has 4 aliphatic rings. The molecule has 0 radical (unpaired) electrons. The molecule has 0 amide bonds. The molecule has 0 aliphatic heterocycles. The van der Waals surface area contributed by atoms with Crippen molar-refractivity contribution in [1.29, 1.82) is 0 Å². The summed E-state index contributed by atoms with van der Waals surface area (Å²) in [5, 5.41) is 11.2. The standard InChI is InChI=1S/C25H44O/c1-15(2)17-9-11-24(5)18(12-17)13-19(16(3)4)23-20-8-7-10-25(20,6)22(26)14-21(23)24/h15-23,26H,7-14H2,1-6H3. The van der Waals surface area contributed by atoms with Crippen molar-refractivity contribution in [2.75, 3.05) is 0 Å². The summed E-state index contributed by atoms with van der Waals surface area (Å²) in [6.45, 7) is 14.9. The van der Waals surface area contributed by atoms with Crippen molar-refractivity contribution in [2.24, 2.45) is 58.2 Å². The highest BCUT2D eigenvalue weighted by Gasteiger charge is 2.63.